The van der Waals surface area contributed by atoms with Gasteiger partial charge in [-0.3, -0.25) is 5.41 Å². The first-order chi connectivity index (χ1) is 9.47. The Hall–Kier alpha value is -1.26. The van der Waals surface area contributed by atoms with Gasteiger partial charge in [0, 0.05) is 19.8 Å². The van der Waals surface area contributed by atoms with Crippen molar-refractivity contribution in [2.24, 2.45) is 5.73 Å². The van der Waals surface area contributed by atoms with Crippen LogP contribution in [0, 0.1) is 5.41 Å². The number of amidine groups is 1. The fraction of sp³-hybridized carbons (Fsp3) is 0.188. The van der Waals surface area contributed by atoms with Crippen LogP contribution in [0.2, 0.25) is 0 Å². The average molecular weight is 349 g/mol. The van der Waals surface area contributed by atoms with Gasteiger partial charge in [0.2, 0.25) is 0 Å². The first-order valence-corrected chi connectivity index (χ1v) is 8.00. The summed E-state index contributed by atoms with van der Waals surface area (Å²) >= 11 is 5.04. The molecule has 0 saturated carbocycles. The van der Waals surface area contributed by atoms with Gasteiger partial charge in [0.05, 0.1) is 0 Å². The van der Waals surface area contributed by atoms with E-state index in [9.17, 15) is 0 Å². The van der Waals surface area contributed by atoms with Crippen molar-refractivity contribution in [3.05, 3.63) is 58.1 Å². The quantitative estimate of drug-likeness (QED) is 0.602. The van der Waals surface area contributed by atoms with Crippen molar-refractivity contribution in [1.29, 1.82) is 5.41 Å². The molecule has 20 heavy (non-hydrogen) atoms. The van der Waals surface area contributed by atoms with Crippen molar-refractivity contribution >= 4 is 33.5 Å². The molecule has 0 aliphatic heterocycles. The molecule has 0 aromatic heterocycles. The lowest BCUT2D eigenvalue weighted by molar-refractivity contribution is 0.865. The van der Waals surface area contributed by atoms with Crippen LogP contribution in [-0.2, 0) is 0 Å². The molecule has 0 aliphatic carbocycles. The van der Waals surface area contributed by atoms with Crippen LogP contribution < -0.4 is 5.73 Å². The molecule has 4 heteroatoms. The predicted octanol–water partition coefficient (Wildman–Crippen LogP) is 5.01. The molecule has 0 aliphatic rings. The molecule has 2 nitrogen and oxygen atoms in total. The summed E-state index contributed by atoms with van der Waals surface area (Å²) in [5.74, 6) is 0.627. The molecule has 0 bridgehead atoms. The third-order valence-corrected chi connectivity index (χ3v) is 4.58. The molecule has 2 aromatic rings. The normalized spacial score (nSPS) is 10.8. The van der Waals surface area contributed by atoms with Gasteiger partial charge in [-0.25, -0.2) is 0 Å². The lowest BCUT2D eigenvalue weighted by atomic mass is 10.0. The fourth-order valence-electron chi connectivity index (χ4n) is 1.85. The number of nitrogens with two attached hydrogens (primary N) is 1. The Morgan fingerprint density at radius 3 is 2.35 bits per heavy atom. The number of nitrogen functional groups attached to an aromatic ring is 1. The predicted molar refractivity (Wildman–Crippen MR) is 89.8 cm³/mol. The molecule has 2 rings (SSSR count). The van der Waals surface area contributed by atoms with E-state index in [0.717, 1.165) is 19.8 Å². The topological polar surface area (TPSA) is 49.9 Å². The maximum Gasteiger partial charge on any atom is 0.123 e. The third-order valence-electron chi connectivity index (χ3n) is 3.01. The van der Waals surface area contributed by atoms with E-state index in [4.69, 9.17) is 11.1 Å². The SMILES string of the molecule is CC(C)c1ccc(Sc2ccc(Br)cc2C(=N)N)cc1. The Morgan fingerprint density at radius 1 is 1.15 bits per heavy atom. The van der Waals surface area contributed by atoms with E-state index in [1.54, 1.807) is 11.8 Å². The number of hydrogen-bond acceptors (Lipinski definition) is 2. The average Bonchev–Trinajstić information content (AvgIpc) is 2.41. The molecule has 0 radical (unpaired) electrons. The van der Waals surface area contributed by atoms with Crippen LogP contribution in [0.1, 0.15) is 30.9 Å². The summed E-state index contributed by atoms with van der Waals surface area (Å²) in [4.78, 5) is 2.15. The zero-order chi connectivity index (χ0) is 14.7. The lowest BCUT2D eigenvalue weighted by Gasteiger charge is -2.10. The van der Waals surface area contributed by atoms with Gasteiger partial charge in [-0.2, -0.15) is 0 Å². The minimum Gasteiger partial charge on any atom is -0.384 e. The van der Waals surface area contributed by atoms with Crippen molar-refractivity contribution in [1.82, 2.24) is 0 Å². The minimum atomic E-state index is 0.0904. The van der Waals surface area contributed by atoms with Gasteiger partial charge in [0.25, 0.3) is 0 Å². The minimum absolute atomic E-state index is 0.0904. The molecular weight excluding hydrogens is 332 g/mol. The molecule has 0 spiro atoms. The molecule has 3 N–H and O–H groups in total. The monoisotopic (exact) mass is 348 g/mol. The number of benzene rings is 2. The van der Waals surface area contributed by atoms with Crippen LogP contribution in [0.15, 0.2) is 56.7 Å². The summed E-state index contributed by atoms with van der Waals surface area (Å²) in [6.07, 6.45) is 0. The molecule has 104 valence electrons. The van der Waals surface area contributed by atoms with E-state index in [0.29, 0.717) is 5.92 Å². The second-order valence-corrected chi connectivity index (χ2v) is 6.91. The highest BCUT2D eigenvalue weighted by molar-refractivity contribution is 9.10. The first-order valence-electron chi connectivity index (χ1n) is 6.39. The van der Waals surface area contributed by atoms with Crippen molar-refractivity contribution in [3.63, 3.8) is 0 Å². The van der Waals surface area contributed by atoms with Gasteiger partial charge in [0.15, 0.2) is 0 Å². The summed E-state index contributed by atoms with van der Waals surface area (Å²) in [7, 11) is 0. The second-order valence-electron chi connectivity index (χ2n) is 4.88. The summed E-state index contributed by atoms with van der Waals surface area (Å²) in [6.45, 7) is 4.37. The highest BCUT2D eigenvalue weighted by atomic mass is 79.9. The van der Waals surface area contributed by atoms with Gasteiger partial charge in [-0.1, -0.05) is 53.7 Å². The summed E-state index contributed by atoms with van der Waals surface area (Å²) in [6, 6.07) is 14.4. The standard InChI is InChI=1S/C16H17BrN2S/c1-10(2)11-3-6-13(7-4-11)20-15-8-5-12(17)9-14(15)16(18)19/h3-10H,1-2H3,(H3,18,19). The smallest absolute Gasteiger partial charge is 0.123 e. The highest BCUT2D eigenvalue weighted by Crippen LogP contribution is 2.32. The number of rotatable bonds is 4. The number of halogens is 1. The molecule has 0 unspecified atom stereocenters. The van der Waals surface area contributed by atoms with E-state index < -0.39 is 0 Å². The van der Waals surface area contributed by atoms with E-state index in [1.807, 2.05) is 18.2 Å². The molecule has 0 saturated heterocycles. The molecular formula is C16H17BrN2S. The van der Waals surface area contributed by atoms with Crippen molar-refractivity contribution in [2.75, 3.05) is 0 Å². The van der Waals surface area contributed by atoms with E-state index in [1.165, 1.54) is 5.56 Å². The third kappa shape index (κ3) is 3.64. The number of nitrogens with one attached hydrogen (secondary N) is 1. The van der Waals surface area contributed by atoms with Crippen LogP contribution in [0.4, 0.5) is 0 Å². The van der Waals surface area contributed by atoms with E-state index in [-0.39, 0.29) is 5.84 Å². The first kappa shape index (κ1) is 15.1. The van der Waals surface area contributed by atoms with Crippen molar-refractivity contribution in [2.45, 2.75) is 29.6 Å². The molecule has 0 fully saturated rings. The van der Waals surface area contributed by atoms with Gasteiger partial charge in [0.1, 0.15) is 5.84 Å². The molecule has 0 amide bonds. The Bertz CT molecular complexity index is 621. The van der Waals surface area contributed by atoms with Crippen LogP contribution in [-0.4, -0.2) is 5.84 Å². The van der Waals surface area contributed by atoms with E-state index in [2.05, 4.69) is 54.0 Å². The van der Waals surface area contributed by atoms with Gasteiger partial charge < -0.3 is 5.73 Å². The Balaban J connectivity index is 2.28. The summed E-state index contributed by atoms with van der Waals surface area (Å²) in [5, 5.41) is 7.67. The fourth-order valence-corrected chi connectivity index (χ4v) is 3.15. The zero-order valence-electron chi connectivity index (χ0n) is 11.5. The summed E-state index contributed by atoms with van der Waals surface area (Å²) < 4.78 is 0.933. The van der Waals surface area contributed by atoms with E-state index >= 15 is 0 Å². The molecule has 0 atom stereocenters. The van der Waals surface area contributed by atoms with Crippen LogP contribution in [0.3, 0.4) is 0 Å². The largest absolute Gasteiger partial charge is 0.384 e. The summed E-state index contributed by atoms with van der Waals surface area (Å²) in [5.41, 5.74) is 7.74. The highest BCUT2D eigenvalue weighted by Gasteiger charge is 2.08. The zero-order valence-corrected chi connectivity index (χ0v) is 13.9. The van der Waals surface area contributed by atoms with Gasteiger partial charge in [-0.15, -0.1) is 0 Å². The molecule has 2 aromatic carbocycles. The Labute approximate surface area is 132 Å². The lowest BCUT2D eigenvalue weighted by Crippen LogP contribution is -2.12. The van der Waals surface area contributed by atoms with Gasteiger partial charge >= 0.3 is 0 Å². The number of hydrogen-bond donors (Lipinski definition) is 2. The van der Waals surface area contributed by atoms with Crippen LogP contribution in [0.25, 0.3) is 0 Å². The Kier molecular flexibility index (Phi) is 4.89. The van der Waals surface area contributed by atoms with Crippen molar-refractivity contribution in [3.8, 4) is 0 Å². The maximum atomic E-state index is 7.67. The van der Waals surface area contributed by atoms with Crippen LogP contribution in [0.5, 0.6) is 0 Å². The maximum absolute atomic E-state index is 7.67. The molecule has 0 heterocycles. The Morgan fingerprint density at radius 2 is 1.80 bits per heavy atom. The van der Waals surface area contributed by atoms with Crippen molar-refractivity contribution < 1.29 is 0 Å². The second kappa shape index (κ2) is 6.46. The van der Waals surface area contributed by atoms with Gasteiger partial charge in [-0.05, 0) is 41.8 Å². The van der Waals surface area contributed by atoms with Crippen LogP contribution >= 0.6 is 27.7 Å².